The van der Waals surface area contributed by atoms with Crippen molar-refractivity contribution < 1.29 is 19.4 Å². The summed E-state index contributed by atoms with van der Waals surface area (Å²) >= 11 is 0. The summed E-state index contributed by atoms with van der Waals surface area (Å²) in [5.41, 5.74) is 0. The molecule has 0 radical (unpaired) electrons. The Morgan fingerprint density at radius 1 is 1.14 bits per heavy atom. The van der Waals surface area contributed by atoms with E-state index in [2.05, 4.69) is 0 Å². The Kier molecular flexibility index (Phi) is 6.03. The van der Waals surface area contributed by atoms with Crippen molar-refractivity contribution in [1.29, 1.82) is 0 Å². The third-order valence-corrected chi connectivity index (χ3v) is 4.65. The molecular formula is C16H27NO4. The van der Waals surface area contributed by atoms with Gasteiger partial charge in [0.05, 0.1) is 17.9 Å². The maximum absolute atomic E-state index is 12.8. The van der Waals surface area contributed by atoms with Crippen LogP contribution in [0.4, 0.5) is 0 Å². The molecule has 0 spiro atoms. The summed E-state index contributed by atoms with van der Waals surface area (Å²) in [7, 11) is 0. The number of amides is 1. The van der Waals surface area contributed by atoms with Crippen LogP contribution in [0, 0.1) is 11.8 Å². The fourth-order valence-electron chi connectivity index (χ4n) is 3.55. The topological polar surface area (TPSA) is 66.8 Å². The number of hydrogen-bond donors (Lipinski definition) is 1. The lowest BCUT2D eigenvalue weighted by Gasteiger charge is -2.33. The average Bonchev–Trinajstić information content (AvgIpc) is 2.99. The first-order valence-electron chi connectivity index (χ1n) is 8.26. The Morgan fingerprint density at radius 2 is 1.86 bits per heavy atom. The molecule has 2 aliphatic rings. The summed E-state index contributed by atoms with van der Waals surface area (Å²) in [6, 6.07) is 0. The minimum absolute atomic E-state index is 0.0273. The number of carbonyl (C=O) groups is 2. The van der Waals surface area contributed by atoms with Crippen LogP contribution >= 0.6 is 0 Å². The number of rotatable bonds is 6. The van der Waals surface area contributed by atoms with Crippen molar-refractivity contribution >= 4 is 11.9 Å². The largest absolute Gasteiger partial charge is 0.481 e. The van der Waals surface area contributed by atoms with Gasteiger partial charge in [-0.15, -0.1) is 0 Å². The molecule has 3 atom stereocenters. The molecule has 21 heavy (non-hydrogen) atoms. The monoisotopic (exact) mass is 297 g/mol. The van der Waals surface area contributed by atoms with Gasteiger partial charge < -0.3 is 14.7 Å². The highest BCUT2D eigenvalue weighted by molar-refractivity contribution is 5.85. The molecule has 3 unspecified atom stereocenters. The number of nitrogens with zero attached hydrogens (tertiary/aromatic N) is 1. The number of hydrogen-bond acceptors (Lipinski definition) is 3. The van der Waals surface area contributed by atoms with Gasteiger partial charge in [0.15, 0.2) is 0 Å². The molecule has 1 amide bonds. The molecule has 120 valence electrons. The zero-order valence-electron chi connectivity index (χ0n) is 12.9. The lowest BCUT2D eigenvalue weighted by molar-refractivity contribution is -0.153. The van der Waals surface area contributed by atoms with Gasteiger partial charge in [0.1, 0.15) is 0 Å². The Hall–Kier alpha value is -1.10. The van der Waals surface area contributed by atoms with E-state index in [1.165, 1.54) is 0 Å². The summed E-state index contributed by atoms with van der Waals surface area (Å²) in [6.45, 7) is 4.14. The summed E-state index contributed by atoms with van der Waals surface area (Å²) in [4.78, 5) is 26.0. The maximum atomic E-state index is 12.8. The second-order valence-electron chi connectivity index (χ2n) is 6.25. The number of carboxylic acids is 1. The molecule has 0 bridgehead atoms. The first kappa shape index (κ1) is 16.3. The molecule has 5 heteroatoms. The molecule has 5 nitrogen and oxygen atoms in total. The van der Waals surface area contributed by atoms with Gasteiger partial charge in [0.25, 0.3) is 0 Å². The van der Waals surface area contributed by atoms with Crippen molar-refractivity contribution in [3.63, 3.8) is 0 Å². The van der Waals surface area contributed by atoms with Crippen LogP contribution in [-0.2, 0) is 14.3 Å². The Labute approximate surface area is 126 Å². The van der Waals surface area contributed by atoms with Crippen LogP contribution < -0.4 is 0 Å². The normalized spacial score (nSPS) is 29.3. The molecular weight excluding hydrogens is 270 g/mol. The second kappa shape index (κ2) is 7.78. The Morgan fingerprint density at radius 3 is 2.43 bits per heavy atom. The molecule has 0 aromatic carbocycles. The summed E-state index contributed by atoms with van der Waals surface area (Å²) in [5.74, 6) is -1.64. The van der Waals surface area contributed by atoms with E-state index in [0.29, 0.717) is 25.9 Å². The third-order valence-electron chi connectivity index (χ3n) is 4.65. The Bertz CT molecular complexity index is 365. The molecule has 1 saturated heterocycles. The zero-order valence-corrected chi connectivity index (χ0v) is 12.9. The van der Waals surface area contributed by atoms with Crippen molar-refractivity contribution in [3.05, 3.63) is 0 Å². The van der Waals surface area contributed by atoms with Crippen LogP contribution in [-0.4, -0.2) is 47.7 Å². The van der Waals surface area contributed by atoms with Gasteiger partial charge in [0.2, 0.25) is 5.91 Å². The van der Waals surface area contributed by atoms with Crippen molar-refractivity contribution in [1.82, 2.24) is 4.90 Å². The highest BCUT2D eigenvalue weighted by Gasteiger charge is 2.38. The third kappa shape index (κ3) is 4.19. The van der Waals surface area contributed by atoms with Crippen molar-refractivity contribution in [2.75, 3.05) is 19.7 Å². The van der Waals surface area contributed by atoms with E-state index in [9.17, 15) is 14.7 Å². The minimum atomic E-state index is -0.818. The van der Waals surface area contributed by atoms with Gasteiger partial charge >= 0.3 is 5.97 Å². The number of carbonyl (C=O) groups excluding carboxylic acids is 1. The summed E-state index contributed by atoms with van der Waals surface area (Å²) < 4.78 is 5.63. The fraction of sp³-hybridized carbons (Fsp3) is 0.875. The first-order chi connectivity index (χ1) is 10.1. The predicted molar refractivity (Wildman–Crippen MR) is 78.9 cm³/mol. The molecule has 1 aliphatic heterocycles. The van der Waals surface area contributed by atoms with Crippen LogP contribution in [0.25, 0.3) is 0 Å². The standard InChI is InChI=1S/C16H27NO4/c1-2-9-17(11-12-6-5-10-21-12)15(18)13-7-3-4-8-14(13)16(19)20/h12-14H,2-11H2,1H3,(H,19,20). The van der Waals surface area contributed by atoms with Gasteiger partial charge in [-0.05, 0) is 32.1 Å². The van der Waals surface area contributed by atoms with E-state index in [4.69, 9.17) is 4.74 Å². The molecule has 0 aromatic heterocycles. The SMILES string of the molecule is CCCN(CC1CCCO1)C(=O)C1CCCCC1C(=O)O. The van der Waals surface area contributed by atoms with Crippen molar-refractivity contribution in [2.45, 2.75) is 58.0 Å². The summed E-state index contributed by atoms with van der Waals surface area (Å²) in [5, 5.41) is 9.36. The van der Waals surface area contributed by atoms with E-state index in [0.717, 1.165) is 38.7 Å². The van der Waals surface area contributed by atoms with E-state index in [1.807, 2.05) is 11.8 Å². The second-order valence-corrected chi connectivity index (χ2v) is 6.25. The molecule has 1 aliphatic carbocycles. The van der Waals surface area contributed by atoms with Gasteiger partial charge in [0, 0.05) is 19.7 Å². The van der Waals surface area contributed by atoms with Crippen LogP contribution in [0.5, 0.6) is 0 Å². The van der Waals surface area contributed by atoms with Crippen LogP contribution in [0.15, 0.2) is 0 Å². The quantitative estimate of drug-likeness (QED) is 0.817. The van der Waals surface area contributed by atoms with E-state index < -0.39 is 11.9 Å². The highest BCUT2D eigenvalue weighted by atomic mass is 16.5. The molecule has 1 heterocycles. The number of aliphatic carboxylic acids is 1. The van der Waals surface area contributed by atoms with Crippen LogP contribution in [0.2, 0.25) is 0 Å². The smallest absolute Gasteiger partial charge is 0.307 e. The summed E-state index contributed by atoms with van der Waals surface area (Å²) in [6.07, 6.45) is 6.30. The van der Waals surface area contributed by atoms with Gasteiger partial charge in [-0.1, -0.05) is 19.8 Å². The fourth-order valence-corrected chi connectivity index (χ4v) is 3.55. The van der Waals surface area contributed by atoms with Crippen LogP contribution in [0.3, 0.4) is 0 Å². The molecule has 1 N–H and O–H groups in total. The van der Waals surface area contributed by atoms with E-state index in [-0.39, 0.29) is 17.9 Å². The molecule has 2 rings (SSSR count). The van der Waals surface area contributed by atoms with Gasteiger partial charge in [-0.2, -0.15) is 0 Å². The molecule has 1 saturated carbocycles. The predicted octanol–water partition coefficient (Wildman–Crippen LogP) is 2.29. The Balaban J connectivity index is 2.02. The van der Waals surface area contributed by atoms with E-state index in [1.54, 1.807) is 0 Å². The van der Waals surface area contributed by atoms with Crippen molar-refractivity contribution in [3.8, 4) is 0 Å². The number of ether oxygens (including phenoxy) is 1. The molecule has 2 fully saturated rings. The minimum Gasteiger partial charge on any atom is -0.481 e. The van der Waals surface area contributed by atoms with E-state index >= 15 is 0 Å². The zero-order chi connectivity index (χ0) is 15.2. The van der Waals surface area contributed by atoms with Crippen LogP contribution in [0.1, 0.15) is 51.9 Å². The number of carboxylic acid groups (broad SMARTS) is 1. The average molecular weight is 297 g/mol. The van der Waals surface area contributed by atoms with Crippen molar-refractivity contribution in [2.24, 2.45) is 11.8 Å². The highest BCUT2D eigenvalue weighted by Crippen LogP contribution is 2.32. The maximum Gasteiger partial charge on any atom is 0.307 e. The van der Waals surface area contributed by atoms with Gasteiger partial charge in [-0.25, -0.2) is 0 Å². The van der Waals surface area contributed by atoms with Gasteiger partial charge in [-0.3, -0.25) is 9.59 Å². The lowest BCUT2D eigenvalue weighted by atomic mass is 9.78. The molecule has 0 aromatic rings. The first-order valence-corrected chi connectivity index (χ1v) is 8.26. The lowest BCUT2D eigenvalue weighted by Crippen LogP contribution is -2.45.